The van der Waals surface area contributed by atoms with Gasteiger partial charge in [-0.05, 0) is 26.0 Å². The average molecular weight is 214 g/mol. The van der Waals surface area contributed by atoms with Gasteiger partial charge in [-0.3, -0.25) is 0 Å². The minimum absolute atomic E-state index is 0.450. The van der Waals surface area contributed by atoms with E-state index in [2.05, 4.69) is 60.1 Å². The number of rotatable bonds is 0. The predicted molar refractivity (Wildman–Crippen MR) is 66.8 cm³/mol. The van der Waals surface area contributed by atoms with Crippen LogP contribution in [0, 0.1) is 0 Å². The van der Waals surface area contributed by atoms with Gasteiger partial charge in [0.25, 0.3) is 0 Å². The first-order valence-corrected chi connectivity index (χ1v) is 6.04. The molecule has 0 aromatic carbocycles. The minimum Gasteiger partial charge on any atom is -0.365 e. The fourth-order valence-corrected chi connectivity index (χ4v) is 2.86. The van der Waals surface area contributed by atoms with Gasteiger partial charge < -0.3 is 9.80 Å². The highest BCUT2D eigenvalue weighted by molar-refractivity contribution is 5.34. The molecule has 0 amide bonds. The van der Waals surface area contributed by atoms with Crippen molar-refractivity contribution < 1.29 is 0 Å². The molecule has 16 heavy (non-hydrogen) atoms. The topological polar surface area (TPSA) is 6.48 Å². The Labute approximate surface area is 97.2 Å². The monoisotopic (exact) mass is 214 g/mol. The van der Waals surface area contributed by atoms with Crippen molar-refractivity contribution in [2.24, 2.45) is 0 Å². The molecule has 0 saturated carbocycles. The molecule has 0 aliphatic carbocycles. The van der Waals surface area contributed by atoms with Gasteiger partial charge in [0.05, 0.1) is 6.04 Å². The maximum absolute atomic E-state index is 2.52. The number of hydrogen-bond acceptors (Lipinski definition) is 2. The molecule has 84 valence electrons. The molecule has 1 fully saturated rings. The van der Waals surface area contributed by atoms with Gasteiger partial charge in [-0.1, -0.05) is 24.3 Å². The van der Waals surface area contributed by atoms with Crippen LogP contribution in [-0.2, 0) is 0 Å². The smallest absolute Gasteiger partial charge is 0.0874 e. The highest BCUT2D eigenvalue weighted by atomic mass is 15.3. The molecule has 0 aromatic heterocycles. The summed E-state index contributed by atoms with van der Waals surface area (Å²) >= 11 is 0. The zero-order valence-electron chi connectivity index (χ0n) is 9.93. The third-order valence-corrected chi connectivity index (χ3v) is 3.78. The fraction of sp³-hybridized carbons (Fsp3) is 0.429. The van der Waals surface area contributed by atoms with Crippen molar-refractivity contribution in [2.75, 3.05) is 13.1 Å². The standard InChI is InChI=1S/C14H18N2/c1-11-5-3-7-13-14-8-4-6-12(2)16(14)10-9-15(11)13/h3-8,11,14H,9-10H2,1-2H3. The summed E-state index contributed by atoms with van der Waals surface area (Å²) in [6, 6.07) is 0.993. The van der Waals surface area contributed by atoms with E-state index in [-0.39, 0.29) is 0 Å². The number of fused-ring (bicyclic) bond motifs is 3. The Balaban J connectivity index is 1.97. The summed E-state index contributed by atoms with van der Waals surface area (Å²) in [6.07, 6.45) is 13.4. The summed E-state index contributed by atoms with van der Waals surface area (Å²) in [5.41, 5.74) is 2.83. The van der Waals surface area contributed by atoms with Crippen molar-refractivity contribution in [3.05, 3.63) is 47.9 Å². The van der Waals surface area contributed by atoms with Crippen molar-refractivity contribution >= 4 is 0 Å². The Morgan fingerprint density at radius 3 is 2.69 bits per heavy atom. The van der Waals surface area contributed by atoms with Gasteiger partial charge in [-0.2, -0.15) is 0 Å². The van der Waals surface area contributed by atoms with Crippen molar-refractivity contribution in [1.82, 2.24) is 9.80 Å². The van der Waals surface area contributed by atoms with Crippen molar-refractivity contribution in [2.45, 2.75) is 25.9 Å². The van der Waals surface area contributed by atoms with E-state index in [0.717, 1.165) is 13.1 Å². The molecule has 3 aliphatic rings. The van der Waals surface area contributed by atoms with Crippen LogP contribution in [-0.4, -0.2) is 35.0 Å². The van der Waals surface area contributed by atoms with E-state index < -0.39 is 0 Å². The molecule has 0 radical (unpaired) electrons. The van der Waals surface area contributed by atoms with Crippen LogP contribution < -0.4 is 0 Å². The lowest BCUT2D eigenvalue weighted by molar-refractivity contribution is 0.155. The van der Waals surface area contributed by atoms with Crippen LogP contribution in [0.4, 0.5) is 0 Å². The Hall–Kier alpha value is -1.44. The molecule has 3 rings (SSSR count). The molecule has 0 N–H and O–H groups in total. The van der Waals surface area contributed by atoms with E-state index in [4.69, 9.17) is 0 Å². The Morgan fingerprint density at radius 1 is 1.06 bits per heavy atom. The normalized spacial score (nSPS) is 31.9. The molecule has 2 unspecified atom stereocenters. The van der Waals surface area contributed by atoms with Crippen LogP contribution in [0.15, 0.2) is 47.9 Å². The summed E-state index contributed by atoms with van der Waals surface area (Å²) < 4.78 is 0. The van der Waals surface area contributed by atoms with Gasteiger partial charge in [0.1, 0.15) is 0 Å². The SMILES string of the molecule is CC1=CC=CC2C3=CC=CC(C)N3CCN12. The molecule has 1 saturated heterocycles. The molecule has 0 bridgehead atoms. The predicted octanol–water partition coefficient (Wildman–Crippen LogP) is 2.29. The van der Waals surface area contributed by atoms with Gasteiger partial charge in [0, 0.05) is 30.5 Å². The van der Waals surface area contributed by atoms with Crippen molar-refractivity contribution in [3.63, 3.8) is 0 Å². The quantitative estimate of drug-likeness (QED) is 0.610. The third-order valence-electron chi connectivity index (χ3n) is 3.78. The first kappa shape index (κ1) is 9.76. The van der Waals surface area contributed by atoms with E-state index >= 15 is 0 Å². The lowest BCUT2D eigenvalue weighted by Crippen LogP contribution is -2.53. The highest BCUT2D eigenvalue weighted by Gasteiger charge is 2.32. The summed E-state index contributed by atoms with van der Waals surface area (Å²) in [5.74, 6) is 0. The van der Waals surface area contributed by atoms with Crippen LogP contribution >= 0.6 is 0 Å². The Morgan fingerprint density at radius 2 is 1.81 bits per heavy atom. The maximum Gasteiger partial charge on any atom is 0.0874 e. The summed E-state index contributed by atoms with van der Waals surface area (Å²) in [5, 5.41) is 0. The second-order valence-electron chi connectivity index (χ2n) is 4.74. The van der Waals surface area contributed by atoms with Gasteiger partial charge in [-0.15, -0.1) is 0 Å². The minimum atomic E-state index is 0.450. The molecule has 2 heteroatoms. The largest absolute Gasteiger partial charge is 0.365 e. The fourth-order valence-electron chi connectivity index (χ4n) is 2.86. The molecular formula is C14H18N2. The second kappa shape index (κ2) is 3.55. The molecule has 3 aliphatic heterocycles. The molecule has 2 atom stereocenters. The molecule has 0 aromatic rings. The third kappa shape index (κ3) is 1.33. The first-order valence-electron chi connectivity index (χ1n) is 6.04. The maximum atomic E-state index is 2.52. The first-order chi connectivity index (χ1) is 7.77. The Kier molecular flexibility index (Phi) is 2.16. The van der Waals surface area contributed by atoms with Gasteiger partial charge in [0.2, 0.25) is 0 Å². The van der Waals surface area contributed by atoms with E-state index in [1.165, 1.54) is 11.4 Å². The van der Waals surface area contributed by atoms with Crippen LogP contribution in [0.5, 0.6) is 0 Å². The average Bonchev–Trinajstić information content (AvgIpc) is 2.30. The van der Waals surface area contributed by atoms with Crippen LogP contribution in [0.3, 0.4) is 0 Å². The van der Waals surface area contributed by atoms with E-state index in [1.807, 2.05) is 0 Å². The number of nitrogens with zero attached hydrogens (tertiary/aromatic N) is 2. The molecule has 0 spiro atoms. The lowest BCUT2D eigenvalue weighted by atomic mass is 9.98. The van der Waals surface area contributed by atoms with Crippen LogP contribution in [0.2, 0.25) is 0 Å². The number of hydrogen-bond donors (Lipinski definition) is 0. The highest BCUT2D eigenvalue weighted by Crippen LogP contribution is 2.31. The van der Waals surface area contributed by atoms with Crippen LogP contribution in [0.25, 0.3) is 0 Å². The van der Waals surface area contributed by atoms with Gasteiger partial charge >= 0.3 is 0 Å². The molecule has 3 heterocycles. The number of allylic oxidation sites excluding steroid dienone is 5. The zero-order valence-corrected chi connectivity index (χ0v) is 9.93. The molecular weight excluding hydrogens is 196 g/mol. The van der Waals surface area contributed by atoms with Crippen molar-refractivity contribution in [3.8, 4) is 0 Å². The van der Waals surface area contributed by atoms with Gasteiger partial charge in [-0.25, -0.2) is 0 Å². The van der Waals surface area contributed by atoms with Gasteiger partial charge in [0.15, 0.2) is 0 Å². The molecule has 2 nitrogen and oxygen atoms in total. The van der Waals surface area contributed by atoms with E-state index in [0.29, 0.717) is 12.1 Å². The summed E-state index contributed by atoms with van der Waals surface area (Å²) in [7, 11) is 0. The summed E-state index contributed by atoms with van der Waals surface area (Å²) in [4.78, 5) is 5.01. The Bertz CT molecular complexity index is 414. The lowest BCUT2D eigenvalue weighted by Gasteiger charge is -2.48. The van der Waals surface area contributed by atoms with Crippen molar-refractivity contribution in [1.29, 1.82) is 0 Å². The van der Waals surface area contributed by atoms with Crippen LogP contribution in [0.1, 0.15) is 13.8 Å². The zero-order chi connectivity index (χ0) is 11.1. The second-order valence-corrected chi connectivity index (χ2v) is 4.74. The van der Waals surface area contributed by atoms with E-state index in [1.54, 1.807) is 0 Å². The summed E-state index contributed by atoms with van der Waals surface area (Å²) in [6.45, 7) is 6.74. The number of piperazine rings is 1. The van der Waals surface area contributed by atoms with E-state index in [9.17, 15) is 0 Å².